The molecule has 0 saturated heterocycles. The fourth-order valence-corrected chi connectivity index (χ4v) is 5.56. The van der Waals surface area contributed by atoms with Gasteiger partial charge in [0.1, 0.15) is 11.1 Å². The van der Waals surface area contributed by atoms with E-state index in [1.54, 1.807) is 15.9 Å². The van der Waals surface area contributed by atoms with Gasteiger partial charge in [0.2, 0.25) is 11.1 Å². The van der Waals surface area contributed by atoms with Crippen LogP contribution in [0.4, 0.5) is 5.00 Å². The summed E-state index contributed by atoms with van der Waals surface area (Å²) in [5.41, 5.74) is 3.59. The van der Waals surface area contributed by atoms with Gasteiger partial charge in [-0.05, 0) is 58.1 Å². The number of anilines is 1. The Hall–Kier alpha value is -2.44. The minimum Gasteiger partial charge on any atom is -0.316 e. The number of amides is 1. The minimum atomic E-state index is -0.401. The van der Waals surface area contributed by atoms with Gasteiger partial charge in [0.25, 0.3) is 5.78 Å². The Bertz CT molecular complexity index is 1130. The largest absolute Gasteiger partial charge is 0.316 e. The molecule has 3 aromatic heterocycles. The van der Waals surface area contributed by atoms with Gasteiger partial charge in [-0.2, -0.15) is 10.2 Å². The molecular weight excluding hydrogens is 404 g/mol. The van der Waals surface area contributed by atoms with E-state index in [-0.39, 0.29) is 5.91 Å². The van der Waals surface area contributed by atoms with Crippen LogP contribution >= 0.6 is 23.1 Å². The van der Waals surface area contributed by atoms with E-state index in [1.165, 1.54) is 23.1 Å². The SMILES string of the molecule is Cc1cc(C)n2nc(S[C@@H](C)C(=O)Nc3sc4c(c3C#N)CCCCC4)nc2n1. The second-order valence-electron chi connectivity index (χ2n) is 7.27. The number of carbonyl (C=O) groups excluding carboxylic acids is 1. The molecular formula is C20H22N6OS2. The number of nitrogens with one attached hydrogen (secondary N) is 1. The van der Waals surface area contributed by atoms with Crippen molar-refractivity contribution in [3.63, 3.8) is 0 Å². The number of thioether (sulfide) groups is 1. The molecule has 9 heteroatoms. The topological polar surface area (TPSA) is 96.0 Å². The molecule has 0 unspecified atom stereocenters. The first kappa shape index (κ1) is 19.9. The van der Waals surface area contributed by atoms with Gasteiger partial charge in [-0.1, -0.05) is 18.2 Å². The summed E-state index contributed by atoms with van der Waals surface area (Å²) >= 11 is 2.84. The molecule has 0 bridgehead atoms. The molecule has 7 nitrogen and oxygen atoms in total. The molecule has 3 aromatic rings. The van der Waals surface area contributed by atoms with E-state index in [0.29, 0.717) is 21.5 Å². The maximum absolute atomic E-state index is 12.8. The van der Waals surface area contributed by atoms with Crippen LogP contribution in [0.5, 0.6) is 0 Å². The molecule has 1 N–H and O–H groups in total. The summed E-state index contributed by atoms with van der Waals surface area (Å²) in [7, 11) is 0. The molecule has 0 saturated carbocycles. The smallest absolute Gasteiger partial charge is 0.253 e. The standard InChI is InChI=1S/C20H22N6OS2/c1-11-9-12(2)26-19(22-11)24-20(25-26)28-13(3)17(27)23-18-15(10-21)14-7-5-4-6-8-16(14)29-18/h9,13H,4-8H2,1-3H3,(H,23,27)/t13-/m0/s1. The van der Waals surface area contributed by atoms with Gasteiger partial charge in [-0.15, -0.1) is 16.4 Å². The van der Waals surface area contributed by atoms with Crippen molar-refractivity contribution >= 4 is 39.8 Å². The third-order valence-corrected chi connectivity index (χ3v) is 7.18. The summed E-state index contributed by atoms with van der Waals surface area (Å²) in [6, 6.07) is 4.25. The second kappa shape index (κ2) is 8.13. The van der Waals surface area contributed by atoms with Crippen LogP contribution in [0.3, 0.4) is 0 Å². The summed E-state index contributed by atoms with van der Waals surface area (Å²) < 4.78 is 1.68. The first-order valence-corrected chi connectivity index (χ1v) is 11.4. The van der Waals surface area contributed by atoms with Gasteiger partial charge >= 0.3 is 0 Å². The number of aromatic nitrogens is 4. The predicted molar refractivity (Wildman–Crippen MR) is 114 cm³/mol. The Morgan fingerprint density at radius 2 is 2.10 bits per heavy atom. The Morgan fingerprint density at radius 3 is 2.90 bits per heavy atom. The summed E-state index contributed by atoms with van der Waals surface area (Å²) in [5.74, 6) is 0.383. The lowest BCUT2D eigenvalue weighted by Gasteiger charge is -2.09. The molecule has 1 aliphatic carbocycles. The number of fused-ring (bicyclic) bond motifs is 2. The molecule has 0 spiro atoms. The van der Waals surface area contributed by atoms with Gasteiger partial charge in [-0.3, -0.25) is 4.79 Å². The Morgan fingerprint density at radius 1 is 1.31 bits per heavy atom. The number of nitrogens with zero attached hydrogens (tertiary/aromatic N) is 5. The average molecular weight is 427 g/mol. The van der Waals surface area contributed by atoms with Crippen molar-refractivity contribution < 1.29 is 4.79 Å². The van der Waals surface area contributed by atoms with Crippen LogP contribution in [0, 0.1) is 25.2 Å². The van der Waals surface area contributed by atoms with E-state index in [0.717, 1.165) is 42.6 Å². The number of hydrogen-bond acceptors (Lipinski definition) is 7. The minimum absolute atomic E-state index is 0.150. The number of carbonyl (C=O) groups is 1. The highest BCUT2D eigenvalue weighted by Gasteiger charge is 2.24. The van der Waals surface area contributed by atoms with Crippen molar-refractivity contribution in [3.05, 3.63) is 33.5 Å². The van der Waals surface area contributed by atoms with Crippen LogP contribution in [-0.2, 0) is 17.6 Å². The van der Waals surface area contributed by atoms with E-state index in [4.69, 9.17) is 0 Å². The van der Waals surface area contributed by atoms with Crippen molar-refractivity contribution in [2.24, 2.45) is 0 Å². The lowest BCUT2D eigenvalue weighted by atomic mass is 10.1. The van der Waals surface area contributed by atoms with Crippen LogP contribution in [0.1, 0.15) is 53.6 Å². The summed E-state index contributed by atoms with van der Waals surface area (Å²) in [6.07, 6.45) is 5.36. The lowest BCUT2D eigenvalue weighted by Crippen LogP contribution is -2.22. The van der Waals surface area contributed by atoms with E-state index >= 15 is 0 Å². The van der Waals surface area contributed by atoms with E-state index in [1.807, 2.05) is 26.8 Å². The van der Waals surface area contributed by atoms with E-state index in [2.05, 4.69) is 26.5 Å². The summed E-state index contributed by atoms with van der Waals surface area (Å²) in [4.78, 5) is 22.9. The third kappa shape index (κ3) is 4.00. The van der Waals surface area contributed by atoms with Crippen molar-refractivity contribution in [2.45, 2.75) is 63.3 Å². The van der Waals surface area contributed by atoms with Gasteiger partial charge in [0.05, 0.1) is 10.8 Å². The van der Waals surface area contributed by atoms with Crippen molar-refractivity contribution in [2.75, 3.05) is 5.32 Å². The average Bonchev–Trinajstić information content (AvgIpc) is 3.13. The Balaban J connectivity index is 1.51. The molecule has 29 heavy (non-hydrogen) atoms. The number of hydrogen-bond donors (Lipinski definition) is 1. The van der Waals surface area contributed by atoms with E-state index in [9.17, 15) is 10.1 Å². The summed E-state index contributed by atoms with van der Waals surface area (Å²) in [6.45, 7) is 5.69. The van der Waals surface area contributed by atoms with Crippen LogP contribution in [0.15, 0.2) is 11.2 Å². The molecule has 4 rings (SSSR count). The highest BCUT2D eigenvalue weighted by atomic mass is 32.2. The summed E-state index contributed by atoms with van der Waals surface area (Å²) in [5, 5.41) is 17.9. The highest BCUT2D eigenvalue weighted by Crippen LogP contribution is 2.37. The van der Waals surface area contributed by atoms with Gasteiger partial charge in [-0.25, -0.2) is 9.50 Å². The van der Waals surface area contributed by atoms with Gasteiger partial charge < -0.3 is 5.32 Å². The van der Waals surface area contributed by atoms with E-state index < -0.39 is 5.25 Å². The number of aryl methyl sites for hydroxylation is 3. The van der Waals surface area contributed by atoms with Crippen LogP contribution < -0.4 is 5.32 Å². The molecule has 1 amide bonds. The molecule has 150 valence electrons. The zero-order chi connectivity index (χ0) is 20.5. The van der Waals surface area contributed by atoms with Crippen LogP contribution in [0.25, 0.3) is 5.78 Å². The Labute approximate surface area is 177 Å². The molecule has 0 fully saturated rings. The molecule has 0 radical (unpaired) electrons. The molecule has 0 aromatic carbocycles. The fraction of sp³-hybridized carbons (Fsp3) is 0.450. The Kier molecular flexibility index (Phi) is 5.56. The zero-order valence-electron chi connectivity index (χ0n) is 16.7. The molecule has 1 atom stereocenters. The maximum atomic E-state index is 12.8. The molecule has 0 aliphatic heterocycles. The zero-order valence-corrected chi connectivity index (χ0v) is 18.3. The highest BCUT2D eigenvalue weighted by molar-refractivity contribution is 8.00. The quantitative estimate of drug-likeness (QED) is 0.499. The first-order chi connectivity index (χ1) is 14.0. The fourth-order valence-electron chi connectivity index (χ4n) is 3.57. The predicted octanol–water partition coefficient (Wildman–Crippen LogP) is 4.06. The molecule has 1 aliphatic rings. The van der Waals surface area contributed by atoms with Gasteiger partial charge in [0.15, 0.2) is 0 Å². The molecule has 3 heterocycles. The van der Waals surface area contributed by atoms with Crippen molar-refractivity contribution in [3.8, 4) is 6.07 Å². The monoisotopic (exact) mass is 426 g/mol. The number of nitriles is 1. The lowest BCUT2D eigenvalue weighted by molar-refractivity contribution is -0.115. The number of rotatable bonds is 4. The van der Waals surface area contributed by atoms with Crippen LogP contribution in [0.2, 0.25) is 0 Å². The second-order valence-corrected chi connectivity index (χ2v) is 9.69. The first-order valence-electron chi connectivity index (χ1n) is 9.69. The maximum Gasteiger partial charge on any atom is 0.253 e. The number of thiophene rings is 1. The van der Waals surface area contributed by atoms with Crippen molar-refractivity contribution in [1.29, 1.82) is 5.26 Å². The van der Waals surface area contributed by atoms with Crippen LogP contribution in [-0.4, -0.2) is 30.7 Å². The van der Waals surface area contributed by atoms with Gasteiger partial charge in [0, 0.05) is 16.3 Å². The third-order valence-electron chi connectivity index (χ3n) is 5.02. The van der Waals surface area contributed by atoms with Crippen molar-refractivity contribution in [1.82, 2.24) is 19.6 Å². The normalized spacial score (nSPS) is 14.8.